The first-order chi connectivity index (χ1) is 9.58. The molecule has 0 amide bonds. The van der Waals surface area contributed by atoms with Gasteiger partial charge in [-0.1, -0.05) is 13.8 Å². The molecule has 1 heterocycles. The van der Waals surface area contributed by atoms with Crippen LogP contribution in [0.4, 0.5) is 0 Å². The molecule has 0 aliphatic heterocycles. The molecule has 2 rings (SSSR count). The summed E-state index contributed by atoms with van der Waals surface area (Å²) in [7, 11) is 0. The summed E-state index contributed by atoms with van der Waals surface area (Å²) < 4.78 is 8.15. The summed E-state index contributed by atoms with van der Waals surface area (Å²) in [5, 5.41) is 4.29. The van der Waals surface area contributed by atoms with Crippen molar-refractivity contribution in [3.05, 3.63) is 18.0 Å². The van der Waals surface area contributed by atoms with Gasteiger partial charge in [-0.15, -0.1) is 0 Å². The Kier molecular flexibility index (Phi) is 5.22. The molecular weight excluding hydrogens is 250 g/mol. The average Bonchev–Trinajstić information content (AvgIpc) is 2.93. The van der Waals surface area contributed by atoms with Crippen molar-refractivity contribution < 1.29 is 4.74 Å². The smallest absolute Gasteiger partial charge is 0.0808 e. The third-order valence-corrected chi connectivity index (χ3v) is 4.81. The molecule has 0 saturated heterocycles. The highest BCUT2D eigenvalue weighted by Gasteiger charge is 2.35. The van der Waals surface area contributed by atoms with Crippen molar-refractivity contribution in [1.82, 2.24) is 9.78 Å². The Labute approximate surface area is 122 Å². The first-order valence-electron chi connectivity index (χ1n) is 7.94. The minimum absolute atomic E-state index is 0.111. The van der Waals surface area contributed by atoms with Crippen LogP contribution in [0.3, 0.4) is 0 Å². The van der Waals surface area contributed by atoms with Crippen molar-refractivity contribution in [1.29, 1.82) is 0 Å². The van der Waals surface area contributed by atoms with E-state index in [0.29, 0.717) is 13.2 Å². The average molecular weight is 279 g/mol. The number of aromatic nitrogens is 2. The summed E-state index contributed by atoms with van der Waals surface area (Å²) in [5.74, 6) is 1.61. The van der Waals surface area contributed by atoms with Gasteiger partial charge in [0, 0.05) is 24.8 Å². The maximum atomic E-state index is 6.21. The monoisotopic (exact) mass is 279 g/mol. The van der Waals surface area contributed by atoms with E-state index in [4.69, 9.17) is 10.5 Å². The molecule has 0 spiro atoms. The van der Waals surface area contributed by atoms with Gasteiger partial charge in [0.1, 0.15) is 0 Å². The molecule has 1 aromatic heterocycles. The van der Waals surface area contributed by atoms with Crippen molar-refractivity contribution in [2.24, 2.45) is 17.6 Å². The van der Waals surface area contributed by atoms with E-state index in [1.165, 1.54) is 12.8 Å². The molecule has 1 aromatic rings. The summed E-state index contributed by atoms with van der Waals surface area (Å²) in [6.07, 6.45) is 8.62. The number of hydrogen-bond donors (Lipinski definition) is 1. The van der Waals surface area contributed by atoms with Crippen molar-refractivity contribution in [3.8, 4) is 0 Å². The SMILES string of the molecule is CCn1cc(COC2(CN)CCC(C(C)C)CC2)cn1. The summed E-state index contributed by atoms with van der Waals surface area (Å²) in [6.45, 7) is 8.88. The third kappa shape index (κ3) is 3.61. The summed E-state index contributed by atoms with van der Waals surface area (Å²) in [4.78, 5) is 0. The lowest BCUT2D eigenvalue weighted by Crippen LogP contribution is -2.44. The molecular formula is C16H29N3O. The van der Waals surface area contributed by atoms with E-state index in [9.17, 15) is 0 Å². The van der Waals surface area contributed by atoms with Crippen LogP contribution in [0.15, 0.2) is 12.4 Å². The Hall–Kier alpha value is -0.870. The lowest BCUT2D eigenvalue weighted by Gasteiger charge is -2.40. The van der Waals surface area contributed by atoms with Gasteiger partial charge in [-0.25, -0.2) is 0 Å². The second-order valence-electron chi connectivity index (χ2n) is 6.46. The van der Waals surface area contributed by atoms with Crippen LogP contribution < -0.4 is 5.73 Å². The standard InChI is InChI=1S/C16H29N3O/c1-4-19-10-14(9-18-19)11-20-16(12-17)7-5-15(6-8-16)13(2)3/h9-10,13,15H,4-8,11-12,17H2,1-3H3. The molecule has 1 fully saturated rings. The number of aryl methyl sites for hydroxylation is 1. The van der Waals surface area contributed by atoms with E-state index in [-0.39, 0.29) is 5.60 Å². The van der Waals surface area contributed by atoms with E-state index in [2.05, 4.69) is 32.1 Å². The van der Waals surface area contributed by atoms with Crippen LogP contribution in [0.2, 0.25) is 0 Å². The predicted octanol–water partition coefficient (Wildman–Crippen LogP) is 2.96. The fourth-order valence-electron chi connectivity index (χ4n) is 3.13. The topological polar surface area (TPSA) is 53.1 Å². The van der Waals surface area contributed by atoms with Crippen LogP contribution in [0.5, 0.6) is 0 Å². The number of ether oxygens (including phenoxy) is 1. The van der Waals surface area contributed by atoms with Crippen molar-refractivity contribution in [3.63, 3.8) is 0 Å². The predicted molar refractivity (Wildman–Crippen MR) is 81.3 cm³/mol. The first-order valence-corrected chi connectivity index (χ1v) is 7.94. The number of hydrogen-bond acceptors (Lipinski definition) is 3. The molecule has 20 heavy (non-hydrogen) atoms. The molecule has 0 bridgehead atoms. The van der Waals surface area contributed by atoms with Gasteiger partial charge in [-0.05, 0) is 44.4 Å². The molecule has 1 aliphatic carbocycles. The molecule has 2 N–H and O–H groups in total. The van der Waals surface area contributed by atoms with Crippen LogP contribution in [-0.2, 0) is 17.9 Å². The Bertz CT molecular complexity index is 406. The highest BCUT2D eigenvalue weighted by atomic mass is 16.5. The lowest BCUT2D eigenvalue weighted by molar-refractivity contribution is -0.0841. The molecule has 0 atom stereocenters. The van der Waals surface area contributed by atoms with Gasteiger partial charge in [0.15, 0.2) is 0 Å². The normalized spacial score (nSPS) is 27.1. The van der Waals surface area contributed by atoms with Crippen molar-refractivity contribution in [2.75, 3.05) is 6.54 Å². The highest BCUT2D eigenvalue weighted by molar-refractivity contribution is 5.02. The number of rotatable bonds is 6. The van der Waals surface area contributed by atoms with Gasteiger partial charge < -0.3 is 10.5 Å². The van der Waals surface area contributed by atoms with Crippen LogP contribution in [0, 0.1) is 11.8 Å². The molecule has 4 nitrogen and oxygen atoms in total. The van der Waals surface area contributed by atoms with Gasteiger partial charge in [-0.2, -0.15) is 5.10 Å². The quantitative estimate of drug-likeness (QED) is 0.871. The van der Waals surface area contributed by atoms with Gasteiger partial charge in [0.25, 0.3) is 0 Å². The zero-order valence-corrected chi connectivity index (χ0v) is 13.1. The van der Waals surface area contributed by atoms with E-state index in [0.717, 1.165) is 36.8 Å². The number of nitrogens with zero attached hydrogens (tertiary/aromatic N) is 2. The maximum absolute atomic E-state index is 6.21. The highest BCUT2D eigenvalue weighted by Crippen LogP contribution is 2.37. The fraction of sp³-hybridized carbons (Fsp3) is 0.812. The zero-order valence-electron chi connectivity index (χ0n) is 13.1. The van der Waals surface area contributed by atoms with Gasteiger partial charge >= 0.3 is 0 Å². The third-order valence-electron chi connectivity index (χ3n) is 4.81. The van der Waals surface area contributed by atoms with Gasteiger partial charge in [0.05, 0.1) is 18.4 Å². The summed E-state index contributed by atoms with van der Waals surface area (Å²) in [6, 6.07) is 0. The van der Waals surface area contributed by atoms with Crippen LogP contribution >= 0.6 is 0 Å². The minimum Gasteiger partial charge on any atom is -0.369 e. The van der Waals surface area contributed by atoms with Gasteiger partial charge in [-0.3, -0.25) is 4.68 Å². The number of nitrogens with two attached hydrogens (primary N) is 1. The second kappa shape index (κ2) is 6.72. The zero-order chi connectivity index (χ0) is 14.6. The molecule has 4 heteroatoms. The molecule has 0 aromatic carbocycles. The molecule has 1 aliphatic rings. The van der Waals surface area contributed by atoms with E-state index in [1.807, 2.05) is 10.9 Å². The van der Waals surface area contributed by atoms with Crippen LogP contribution in [-0.4, -0.2) is 21.9 Å². The van der Waals surface area contributed by atoms with E-state index in [1.54, 1.807) is 0 Å². The van der Waals surface area contributed by atoms with Crippen molar-refractivity contribution in [2.45, 2.75) is 65.2 Å². The second-order valence-corrected chi connectivity index (χ2v) is 6.46. The molecule has 0 unspecified atom stereocenters. The van der Waals surface area contributed by atoms with Gasteiger partial charge in [0.2, 0.25) is 0 Å². The minimum atomic E-state index is -0.111. The summed E-state index contributed by atoms with van der Waals surface area (Å²) in [5.41, 5.74) is 7.04. The Balaban J connectivity index is 1.89. The largest absolute Gasteiger partial charge is 0.369 e. The first kappa shape index (κ1) is 15.5. The summed E-state index contributed by atoms with van der Waals surface area (Å²) >= 11 is 0. The Morgan fingerprint density at radius 2 is 2.15 bits per heavy atom. The molecule has 0 radical (unpaired) electrons. The Morgan fingerprint density at radius 1 is 1.45 bits per heavy atom. The van der Waals surface area contributed by atoms with Crippen LogP contribution in [0.25, 0.3) is 0 Å². The van der Waals surface area contributed by atoms with E-state index < -0.39 is 0 Å². The van der Waals surface area contributed by atoms with Crippen molar-refractivity contribution >= 4 is 0 Å². The molecule has 1 saturated carbocycles. The fourth-order valence-corrected chi connectivity index (χ4v) is 3.13. The lowest BCUT2D eigenvalue weighted by atomic mass is 9.74. The molecule has 114 valence electrons. The van der Waals surface area contributed by atoms with E-state index >= 15 is 0 Å². The maximum Gasteiger partial charge on any atom is 0.0808 e. The Morgan fingerprint density at radius 3 is 2.65 bits per heavy atom. The van der Waals surface area contributed by atoms with Crippen LogP contribution in [0.1, 0.15) is 52.0 Å².